The Kier molecular flexibility index (Phi) is 15.7. The number of carbonyl (C=O) groups is 7. The first-order chi connectivity index (χ1) is 23.2. The summed E-state index contributed by atoms with van der Waals surface area (Å²) in [6.45, 7) is 23.3. The molecule has 1 unspecified atom stereocenters. The van der Waals surface area contributed by atoms with Crippen molar-refractivity contribution >= 4 is 62.9 Å². The Labute approximate surface area is 318 Å². The maximum Gasteiger partial charge on any atom is 0.246 e. The lowest BCUT2D eigenvalue weighted by molar-refractivity contribution is -0.142. The van der Waals surface area contributed by atoms with Gasteiger partial charge in [-0.1, -0.05) is 28.0 Å². The van der Waals surface area contributed by atoms with Crippen molar-refractivity contribution in [2.24, 2.45) is 0 Å². The third kappa shape index (κ3) is 14.8. The van der Waals surface area contributed by atoms with Gasteiger partial charge in [-0.15, -0.1) is 0 Å². The van der Waals surface area contributed by atoms with E-state index < -0.39 is 74.2 Å². The molecule has 298 valence electrons. The molecule has 7 amide bonds. The van der Waals surface area contributed by atoms with Gasteiger partial charge < -0.3 is 37.2 Å². The van der Waals surface area contributed by atoms with Crippen molar-refractivity contribution in [1.29, 1.82) is 0 Å². The molecular formula is C36H65N7O7S2. The molecule has 1 aliphatic rings. The van der Waals surface area contributed by atoms with Gasteiger partial charge in [0.15, 0.2) is 0 Å². The first-order valence-electron chi connectivity index (χ1n) is 17.8. The van der Waals surface area contributed by atoms with Gasteiger partial charge in [-0.05, 0) is 123 Å². The van der Waals surface area contributed by atoms with Gasteiger partial charge in [0.25, 0.3) is 0 Å². The Bertz CT molecular complexity index is 1360. The summed E-state index contributed by atoms with van der Waals surface area (Å²) in [5.41, 5.74) is -9.19. The zero-order chi connectivity index (χ0) is 40.7. The summed E-state index contributed by atoms with van der Waals surface area (Å²) in [5, 5.41) is 19.5. The summed E-state index contributed by atoms with van der Waals surface area (Å²) in [5.74, 6) is -2.76. The third-order valence-corrected chi connectivity index (χ3v) is 11.4. The molecule has 52 heavy (non-hydrogen) atoms. The average Bonchev–Trinajstić information content (AvgIpc) is 3.46. The fourth-order valence-electron chi connectivity index (χ4n) is 4.67. The molecule has 0 spiro atoms. The highest BCUT2D eigenvalue weighted by atomic mass is 33.1. The van der Waals surface area contributed by atoms with Crippen LogP contribution in [-0.2, 0) is 33.6 Å². The van der Waals surface area contributed by atoms with E-state index in [4.69, 9.17) is 0 Å². The zero-order valence-corrected chi connectivity index (χ0v) is 35.6. The van der Waals surface area contributed by atoms with E-state index >= 15 is 0 Å². The van der Waals surface area contributed by atoms with Crippen LogP contribution in [-0.4, -0.2) is 91.1 Å². The van der Waals surface area contributed by atoms with Gasteiger partial charge in [0.1, 0.15) is 33.2 Å². The van der Waals surface area contributed by atoms with E-state index in [1.807, 2.05) is 42.4 Å². The first-order valence-corrected chi connectivity index (χ1v) is 20.2. The molecular weight excluding hydrogens is 707 g/mol. The molecule has 1 atom stereocenters. The van der Waals surface area contributed by atoms with Crippen LogP contribution in [0.15, 0.2) is 0 Å². The van der Waals surface area contributed by atoms with Gasteiger partial charge in [-0.3, -0.25) is 33.6 Å². The quantitative estimate of drug-likeness (QED) is 0.0857. The van der Waals surface area contributed by atoms with Crippen LogP contribution < -0.4 is 37.2 Å². The largest absolute Gasteiger partial charge is 0.349 e. The zero-order valence-electron chi connectivity index (χ0n) is 34.0. The predicted molar refractivity (Wildman–Crippen MR) is 208 cm³/mol. The summed E-state index contributed by atoms with van der Waals surface area (Å²) in [6, 6.07) is 0. The third-order valence-electron chi connectivity index (χ3n) is 8.38. The smallest absolute Gasteiger partial charge is 0.246 e. The van der Waals surface area contributed by atoms with Crippen molar-refractivity contribution in [2.45, 2.75) is 180 Å². The SMILES string of the molecule is CC(C)(C)NC(=O)C(C)(C)NC(=O)C(C)(C)NC(=O)C(C)(C)NC(=O)C(C)(C)NC(=O)C(C)(C)NC(=O)C(C)(C)NC(=O)CCCCC1CCSS1. The van der Waals surface area contributed by atoms with Gasteiger partial charge in [0, 0.05) is 23.0 Å². The topological polar surface area (TPSA) is 204 Å². The fraction of sp³-hybridized carbons (Fsp3) is 0.806. The molecule has 1 rings (SSSR count). The Morgan fingerprint density at radius 1 is 0.462 bits per heavy atom. The van der Waals surface area contributed by atoms with Crippen LogP contribution in [0, 0.1) is 0 Å². The van der Waals surface area contributed by atoms with Crippen molar-refractivity contribution < 1.29 is 33.6 Å². The lowest BCUT2D eigenvalue weighted by Crippen LogP contribution is -2.69. The molecule has 0 aromatic rings. The minimum Gasteiger partial charge on any atom is -0.349 e. The molecule has 0 bridgehead atoms. The van der Waals surface area contributed by atoms with Crippen molar-refractivity contribution in [2.75, 3.05) is 5.75 Å². The van der Waals surface area contributed by atoms with Crippen LogP contribution in [0.5, 0.6) is 0 Å². The number of amides is 7. The molecule has 0 radical (unpaired) electrons. The molecule has 16 heteroatoms. The minimum absolute atomic E-state index is 0.253. The number of hydrogen-bond donors (Lipinski definition) is 7. The highest BCUT2D eigenvalue weighted by Crippen LogP contribution is 2.39. The summed E-state index contributed by atoms with van der Waals surface area (Å²) in [7, 11) is 3.79. The molecule has 1 fully saturated rings. The lowest BCUT2D eigenvalue weighted by atomic mass is 9.94. The molecule has 1 aliphatic heterocycles. The van der Waals surface area contributed by atoms with E-state index in [0.717, 1.165) is 25.0 Å². The molecule has 1 heterocycles. The Morgan fingerprint density at radius 2 is 0.769 bits per heavy atom. The Balaban J connectivity index is 2.80. The second kappa shape index (κ2) is 17.4. The molecule has 1 saturated heterocycles. The summed E-state index contributed by atoms with van der Waals surface area (Å²) < 4.78 is 0. The van der Waals surface area contributed by atoms with Crippen LogP contribution >= 0.6 is 21.6 Å². The summed E-state index contributed by atoms with van der Waals surface area (Å²) in [6.07, 6.45) is 4.20. The van der Waals surface area contributed by atoms with Crippen LogP contribution in [0.4, 0.5) is 0 Å². The van der Waals surface area contributed by atoms with Gasteiger partial charge in [-0.25, -0.2) is 0 Å². The van der Waals surface area contributed by atoms with Gasteiger partial charge in [-0.2, -0.15) is 0 Å². The van der Waals surface area contributed by atoms with Crippen LogP contribution in [0.2, 0.25) is 0 Å². The van der Waals surface area contributed by atoms with Crippen molar-refractivity contribution in [3.05, 3.63) is 0 Å². The van der Waals surface area contributed by atoms with E-state index in [1.54, 1.807) is 27.7 Å². The normalized spacial score (nSPS) is 15.9. The fourth-order valence-corrected chi connectivity index (χ4v) is 7.70. The molecule has 0 aliphatic carbocycles. The summed E-state index contributed by atoms with van der Waals surface area (Å²) in [4.78, 5) is 92.0. The first kappa shape index (κ1) is 47.0. The predicted octanol–water partition coefficient (Wildman–Crippen LogP) is 2.98. The molecule has 0 aromatic heterocycles. The number of unbranched alkanes of at least 4 members (excludes halogenated alkanes) is 1. The van der Waals surface area contributed by atoms with E-state index in [0.29, 0.717) is 11.7 Å². The van der Waals surface area contributed by atoms with Crippen LogP contribution in [0.25, 0.3) is 0 Å². The maximum atomic E-state index is 13.4. The second-order valence-electron chi connectivity index (χ2n) is 17.8. The van der Waals surface area contributed by atoms with Gasteiger partial charge >= 0.3 is 0 Å². The van der Waals surface area contributed by atoms with Crippen molar-refractivity contribution in [1.82, 2.24) is 37.2 Å². The number of carbonyl (C=O) groups excluding carboxylic acids is 7. The average molecular weight is 772 g/mol. The number of rotatable bonds is 17. The Hall–Kier alpha value is -3.01. The van der Waals surface area contributed by atoms with Crippen molar-refractivity contribution in [3.8, 4) is 0 Å². The second-order valence-corrected chi connectivity index (χ2v) is 20.6. The molecule has 0 saturated carbocycles. The van der Waals surface area contributed by atoms with Crippen LogP contribution in [0.1, 0.15) is 136 Å². The van der Waals surface area contributed by atoms with Gasteiger partial charge in [0.2, 0.25) is 41.4 Å². The lowest BCUT2D eigenvalue weighted by Gasteiger charge is -2.37. The van der Waals surface area contributed by atoms with E-state index in [9.17, 15) is 33.6 Å². The maximum absolute atomic E-state index is 13.4. The standard InChI is InChI=1S/C36H65N7O7S2/c1-30(2,3)38-24(45)32(6,7)40-26(47)34(10,11)42-28(49)36(14,15)43-29(50)35(12,13)41-27(48)33(8,9)39-25(46)31(4,5)37-23(44)19-17-16-18-22-20-21-51-52-22/h22H,16-21H2,1-15H3,(H,37,44)(H,38,45)(H,39,46)(H,40,47)(H,41,48)(H,42,49)(H,43,50). The van der Waals surface area contributed by atoms with Gasteiger partial charge in [0.05, 0.1) is 0 Å². The van der Waals surface area contributed by atoms with Crippen molar-refractivity contribution in [3.63, 3.8) is 0 Å². The van der Waals surface area contributed by atoms with E-state index in [-0.39, 0.29) is 5.91 Å². The monoisotopic (exact) mass is 771 g/mol. The number of nitrogens with one attached hydrogen (secondary N) is 7. The van der Waals surface area contributed by atoms with Crippen LogP contribution in [0.3, 0.4) is 0 Å². The van der Waals surface area contributed by atoms with E-state index in [2.05, 4.69) is 37.2 Å². The molecule has 7 N–H and O–H groups in total. The Morgan fingerprint density at radius 3 is 1.06 bits per heavy atom. The molecule has 14 nitrogen and oxygen atoms in total. The number of hydrogen-bond acceptors (Lipinski definition) is 9. The highest BCUT2D eigenvalue weighted by Gasteiger charge is 2.44. The molecule has 0 aromatic carbocycles. The highest BCUT2D eigenvalue weighted by molar-refractivity contribution is 8.77. The van der Waals surface area contributed by atoms with E-state index in [1.165, 1.54) is 61.8 Å². The minimum atomic E-state index is -1.55. The summed E-state index contributed by atoms with van der Waals surface area (Å²) >= 11 is 0.